The van der Waals surface area contributed by atoms with Crippen molar-refractivity contribution in [2.75, 3.05) is 13.3 Å². The molecule has 0 bridgehead atoms. The van der Waals surface area contributed by atoms with Gasteiger partial charge in [0.05, 0.1) is 17.1 Å². The normalized spacial score (nSPS) is 10.5. The average Bonchev–Trinajstić information content (AvgIpc) is 3.11. The molecule has 6 aromatic rings. The fraction of sp³-hybridized carbons (Fsp3) is 0.135. The van der Waals surface area contributed by atoms with Crippen molar-refractivity contribution in [3.8, 4) is 5.75 Å². The molecular formula is C37H39N5O3S. The van der Waals surface area contributed by atoms with Crippen LogP contribution in [0.15, 0.2) is 160 Å². The van der Waals surface area contributed by atoms with Crippen LogP contribution < -0.4 is 5.48 Å². The van der Waals surface area contributed by atoms with Crippen molar-refractivity contribution in [1.82, 2.24) is 5.48 Å². The third-order valence-corrected chi connectivity index (χ3v) is 6.08. The van der Waals surface area contributed by atoms with Crippen LogP contribution in [-0.4, -0.2) is 18.4 Å². The van der Waals surface area contributed by atoms with Crippen molar-refractivity contribution < 1.29 is 14.4 Å². The van der Waals surface area contributed by atoms with E-state index in [2.05, 4.69) is 97.6 Å². The van der Waals surface area contributed by atoms with E-state index in [1.54, 1.807) is 19.4 Å². The van der Waals surface area contributed by atoms with Crippen molar-refractivity contribution in [3.63, 3.8) is 0 Å². The molecule has 0 aliphatic rings. The number of hydroxylamine groups is 1. The summed E-state index contributed by atoms with van der Waals surface area (Å²) < 4.78 is 4.29. The molecular weight excluding hydrogens is 595 g/mol. The Balaban J connectivity index is 0.000000247. The molecule has 0 unspecified atom stereocenters. The zero-order valence-corrected chi connectivity index (χ0v) is 27.3. The number of fused-ring (bicyclic) bond motifs is 2. The van der Waals surface area contributed by atoms with Gasteiger partial charge in [-0.05, 0) is 58.6 Å². The molecule has 9 heteroatoms. The van der Waals surface area contributed by atoms with Gasteiger partial charge in [0, 0.05) is 30.7 Å². The molecule has 0 aliphatic carbocycles. The second-order valence-corrected chi connectivity index (χ2v) is 9.95. The lowest BCUT2D eigenvalue weighted by atomic mass is 10.1. The summed E-state index contributed by atoms with van der Waals surface area (Å²) in [6, 6.07) is 44.8. The molecule has 0 radical (unpaired) electrons. The number of aromatic hydroxyl groups is 1. The van der Waals surface area contributed by atoms with Crippen LogP contribution in [0.5, 0.6) is 5.75 Å². The van der Waals surface area contributed by atoms with Gasteiger partial charge in [0.25, 0.3) is 0 Å². The second-order valence-electron chi connectivity index (χ2n) is 9.48. The minimum absolute atomic E-state index is 0.103. The third-order valence-electron chi connectivity index (χ3n) is 5.88. The molecule has 0 saturated carbocycles. The molecule has 236 valence electrons. The van der Waals surface area contributed by atoms with Crippen molar-refractivity contribution >= 4 is 56.3 Å². The number of hydrogen-bond donors (Lipinski definition) is 2. The Kier molecular flexibility index (Phi) is 16.2. The molecule has 6 rings (SSSR count). The summed E-state index contributed by atoms with van der Waals surface area (Å²) in [4.78, 5) is 4.20. The lowest BCUT2D eigenvalue weighted by Crippen LogP contribution is -2.03. The van der Waals surface area contributed by atoms with E-state index < -0.39 is 0 Å². The topological polar surface area (TPSA) is 100 Å². The Bertz CT molecular complexity index is 1710. The van der Waals surface area contributed by atoms with Gasteiger partial charge in [0.2, 0.25) is 0 Å². The summed E-state index contributed by atoms with van der Waals surface area (Å²) in [5.74, 6) is 0.103. The molecule has 46 heavy (non-hydrogen) atoms. The van der Waals surface area contributed by atoms with Crippen LogP contribution in [0.25, 0.3) is 21.5 Å². The van der Waals surface area contributed by atoms with Gasteiger partial charge >= 0.3 is 0 Å². The van der Waals surface area contributed by atoms with Gasteiger partial charge in [0.1, 0.15) is 11.4 Å². The van der Waals surface area contributed by atoms with Gasteiger partial charge in [-0.3, -0.25) is 0 Å². The van der Waals surface area contributed by atoms with E-state index >= 15 is 0 Å². The Morgan fingerprint density at radius 1 is 0.565 bits per heavy atom. The minimum atomic E-state index is 0.103. The molecule has 0 spiro atoms. The number of rotatable bonds is 7. The number of phenolic OH excluding ortho intramolecular Hbond substituents is 1. The van der Waals surface area contributed by atoms with E-state index in [-0.39, 0.29) is 5.75 Å². The Hall–Kier alpha value is -4.93. The van der Waals surface area contributed by atoms with E-state index in [0.29, 0.717) is 11.4 Å². The van der Waals surface area contributed by atoms with E-state index in [1.807, 2.05) is 84.9 Å². The van der Waals surface area contributed by atoms with Crippen LogP contribution >= 0.6 is 12.0 Å². The minimum Gasteiger partial charge on any atom is -0.506 e. The molecule has 0 fully saturated rings. The molecule has 0 saturated heterocycles. The van der Waals surface area contributed by atoms with E-state index in [0.717, 1.165) is 34.2 Å². The molecule has 0 aromatic heterocycles. The summed E-state index contributed by atoms with van der Waals surface area (Å²) in [5, 5.41) is 31.5. The Morgan fingerprint density at radius 2 is 1.00 bits per heavy atom. The maximum Gasteiger partial charge on any atom is 0.143 e. The number of phenols is 1. The summed E-state index contributed by atoms with van der Waals surface area (Å²) in [5.41, 5.74) is 4.98. The highest BCUT2D eigenvalue weighted by Gasteiger charge is 2.05. The smallest absolute Gasteiger partial charge is 0.143 e. The number of nitrogens with one attached hydrogen (secondary N) is 1. The lowest BCUT2D eigenvalue weighted by molar-refractivity contribution is -0.237. The van der Waals surface area contributed by atoms with Crippen molar-refractivity contribution in [1.29, 1.82) is 0 Å². The summed E-state index contributed by atoms with van der Waals surface area (Å²) in [7, 11) is 1.62. The highest BCUT2D eigenvalue weighted by Crippen LogP contribution is 2.36. The van der Waals surface area contributed by atoms with Crippen LogP contribution in [0.1, 0.15) is 20.3 Å². The van der Waals surface area contributed by atoms with E-state index in [4.69, 9.17) is 0 Å². The van der Waals surface area contributed by atoms with Gasteiger partial charge in [-0.2, -0.15) is 20.8 Å². The van der Waals surface area contributed by atoms with Gasteiger partial charge in [-0.25, -0.2) is 0 Å². The first-order valence-corrected chi connectivity index (χ1v) is 15.9. The lowest BCUT2D eigenvalue weighted by Gasteiger charge is -2.03. The molecule has 8 nitrogen and oxygen atoms in total. The largest absolute Gasteiger partial charge is 0.506 e. The SMILES string of the molecule is CCC.CNOOSC.Oc1ccc2ccccc2c1N=Nc1ccc(N=Nc2ccccc2)cc1.c1ccc2ccccc2c1. The fourth-order valence-corrected chi connectivity index (χ4v) is 3.99. The molecule has 0 heterocycles. The standard InChI is InChI=1S/C22H16N4O.C10H8.C3H8.C2H7NO2S/c27-21-15-10-16-6-4-5-9-20(16)22(21)26-25-19-13-11-18(12-14-19)24-23-17-7-2-1-3-8-17;1-2-6-10-8-4-3-7-9(10)5-1;1-3-2;1-3-4-5-6-2/h1-15,27H;1-8H;3H2,1-2H3;3H,1-2H3. The number of azo groups is 2. The van der Waals surface area contributed by atoms with Crippen LogP contribution in [0, 0.1) is 0 Å². The molecule has 0 amide bonds. The number of benzene rings is 6. The second kappa shape index (κ2) is 20.9. The zero-order chi connectivity index (χ0) is 32.8. The van der Waals surface area contributed by atoms with Crippen molar-refractivity contribution in [3.05, 3.63) is 140 Å². The van der Waals surface area contributed by atoms with Crippen LogP contribution in [0.3, 0.4) is 0 Å². The zero-order valence-electron chi connectivity index (χ0n) is 26.4. The Morgan fingerprint density at radius 3 is 1.48 bits per heavy atom. The van der Waals surface area contributed by atoms with Crippen LogP contribution in [0.4, 0.5) is 22.7 Å². The number of hydrogen-bond acceptors (Lipinski definition) is 9. The van der Waals surface area contributed by atoms with Gasteiger partial charge in [-0.15, -0.1) is 14.4 Å². The van der Waals surface area contributed by atoms with E-state index in [9.17, 15) is 5.11 Å². The highest BCUT2D eigenvalue weighted by molar-refractivity contribution is 7.93. The molecule has 0 aliphatic heterocycles. The van der Waals surface area contributed by atoms with Crippen LogP contribution in [0.2, 0.25) is 0 Å². The Labute approximate surface area is 274 Å². The maximum atomic E-state index is 10.1. The maximum absolute atomic E-state index is 10.1. The van der Waals surface area contributed by atoms with Crippen molar-refractivity contribution in [2.24, 2.45) is 20.5 Å². The average molecular weight is 634 g/mol. The third kappa shape index (κ3) is 12.2. The first-order chi connectivity index (χ1) is 22.6. The number of nitrogens with zero attached hydrogens (tertiary/aromatic N) is 4. The van der Waals surface area contributed by atoms with Gasteiger partial charge in [-0.1, -0.05) is 117 Å². The summed E-state index contributed by atoms with van der Waals surface area (Å²) in [6.45, 7) is 4.25. The highest BCUT2D eigenvalue weighted by atomic mass is 32.2. The van der Waals surface area contributed by atoms with Gasteiger partial charge < -0.3 is 5.11 Å². The van der Waals surface area contributed by atoms with Gasteiger partial charge in [0.15, 0.2) is 0 Å². The molecule has 6 aromatic carbocycles. The fourth-order valence-electron chi connectivity index (χ4n) is 3.85. The van der Waals surface area contributed by atoms with E-state index in [1.165, 1.54) is 17.2 Å². The predicted molar refractivity (Wildman–Crippen MR) is 192 cm³/mol. The molecule has 2 N–H and O–H groups in total. The first-order valence-electron chi connectivity index (χ1n) is 14.8. The predicted octanol–water partition coefficient (Wildman–Crippen LogP) is 12.0. The summed E-state index contributed by atoms with van der Waals surface area (Å²) >= 11 is 1.14. The first kappa shape index (κ1) is 35.5. The monoisotopic (exact) mass is 633 g/mol. The quantitative estimate of drug-likeness (QED) is 0.0599. The summed E-state index contributed by atoms with van der Waals surface area (Å²) in [6.07, 6.45) is 3.01. The molecule has 0 atom stereocenters. The van der Waals surface area contributed by atoms with Crippen LogP contribution in [-0.2, 0) is 9.32 Å². The van der Waals surface area contributed by atoms with Crippen molar-refractivity contribution in [2.45, 2.75) is 20.3 Å².